The smallest absolute Gasteiger partial charge is 0.262 e. The van der Waals surface area contributed by atoms with Gasteiger partial charge in [0.2, 0.25) is 5.91 Å². The van der Waals surface area contributed by atoms with E-state index in [1.165, 1.54) is 0 Å². The Morgan fingerprint density at radius 2 is 1.81 bits per heavy atom. The Balaban J connectivity index is 1.48. The third-order valence-corrected chi connectivity index (χ3v) is 7.52. The summed E-state index contributed by atoms with van der Waals surface area (Å²) >= 11 is 0. The molecule has 1 unspecified atom stereocenters. The number of nitrogens with one attached hydrogen (secondary N) is 2. The highest BCUT2D eigenvalue weighted by Crippen LogP contribution is 2.25. The van der Waals surface area contributed by atoms with E-state index in [4.69, 9.17) is 0 Å². The van der Waals surface area contributed by atoms with Crippen LogP contribution in [0.25, 0.3) is 0 Å². The van der Waals surface area contributed by atoms with Crippen molar-refractivity contribution in [3.05, 3.63) is 59.2 Å². The zero-order valence-electron chi connectivity index (χ0n) is 18.4. The van der Waals surface area contributed by atoms with E-state index in [-0.39, 0.29) is 22.6 Å². The second-order valence-electron chi connectivity index (χ2n) is 8.83. The van der Waals surface area contributed by atoms with Crippen LogP contribution >= 0.6 is 0 Å². The molecule has 170 valence electrons. The molecule has 32 heavy (non-hydrogen) atoms. The lowest BCUT2D eigenvalue weighted by atomic mass is 9.96. The van der Waals surface area contributed by atoms with Crippen LogP contribution in [0.3, 0.4) is 0 Å². The van der Waals surface area contributed by atoms with Crippen molar-refractivity contribution in [2.75, 3.05) is 17.8 Å². The van der Waals surface area contributed by atoms with Gasteiger partial charge in [-0.15, -0.1) is 0 Å². The molecule has 0 spiro atoms. The largest absolute Gasteiger partial charge is 0.353 e. The maximum Gasteiger partial charge on any atom is 0.262 e. The number of likely N-dealkylation sites (tertiary alicyclic amines) is 1. The zero-order valence-corrected chi connectivity index (χ0v) is 19.2. The first-order valence-corrected chi connectivity index (χ1v) is 12.5. The summed E-state index contributed by atoms with van der Waals surface area (Å²) in [6.07, 6.45) is 3.61. The summed E-state index contributed by atoms with van der Waals surface area (Å²) in [4.78, 5) is 27.4. The Morgan fingerprint density at radius 3 is 2.56 bits per heavy atom. The molecule has 1 saturated carbocycles. The van der Waals surface area contributed by atoms with Crippen LogP contribution < -0.4 is 10.0 Å². The molecule has 1 saturated heterocycles. The number of piperidine rings is 1. The van der Waals surface area contributed by atoms with Crippen molar-refractivity contribution >= 4 is 27.5 Å². The van der Waals surface area contributed by atoms with Gasteiger partial charge in [-0.1, -0.05) is 18.2 Å². The third kappa shape index (κ3) is 5.12. The number of sulfonamides is 1. The first-order valence-electron chi connectivity index (χ1n) is 11.0. The van der Waals surface area contributed by atoms with Gasteiger partial charge >= 0.3 is 0 Å². The summed E-state index contributed by atoms with van der Waals surface area (Å²) < 4.78 is 28.4. The highest BCUT2D eigenvalue weighted by Gasteiger charge is 2.32. The van der Waals surface area contributed by atoms with Crippen LogP contribution in [0.2, 0.25) is 0 Å². The van der Waals surface area contributed by atoms with Crippen molar-refractivity contribution in [1.29, 1.82) is 0 Å². The zero-order chi connectivity index (χ0) is 22.9. The molecular weight excluding hydrogens is 426 g/mol. The number of carbonyl (C=O) groups is 2. The summed E-state index contributed by atoms with van der Waals surface area (Å²) in [6, 6.07) is 12.1. The molecule has 1 atom stereocenters. The monoisotopic (exact) mass is 455 g/mol. The quantitative estimate of drug-likeness (QED) is 0.699. The molecule has 0 radical (unpaired) electrons. The molecular formula is C24H29N3O4S. The lowest BCUT2D eigenvalue weighted by Gasteiger charge is -2.32. The topological polar surface area (TPSA) is 95.6 Å². The molecule has 2 fully saturated rings. The number of benzene rings is 2. The number of carbonyl (C=O) groups excluding carboxylic acids is 2. The van der Waals surface area contributed by atoms with Gasteiger partial charge in [0.25, 0.3) is 15.9 Å². The number of amides is 2. The van der Waals surface area contributed by atoms with Crippen molar-refractivity contribution in [2.24, 2.45) is 5.92 Å². The van der Waals surface area contributed by atoms with Crippen LogP contribution in [-0.4, -0.2) is 44.3 Å². The van der Waals surface area contributed by atoms with Crippen LogP contribution in [0, 0.1) is 19.8 Å². The van der Waals surface area contributed by atoms with E-state index in [2.05, 4.69) is 10.0 Å². The number of nitrogens with zero attached hydrogens (tertiary/aromatic N) is 1. The van der Waals surface area contributed by atoms with Gasteiger partial charge in [-0.05, 0) is 74.9 Å². The fourth-order valence-electron chi connectivity index (χ4n) is 4.03. The molecule has 0 bridgehead atoms. The molecule has 0 aromatic heterocycles. The van der Waals surface area contributed by atoms with Crippen LogP contribution in [0.5, 0.6) is 0 Å². The van der Waals surface area contributed by atoms with E-state index in [0.29, 0.717) is 35.9 Å². The average Bonchev–Trinajstić information content (AvgIpc) is 3.59. The molecule has 1 heterocycles. The van der Waals surface area contributed by atoms with Crippen molar-refractivity contribution < 1.29 is 18.0 Å². The predicted molar refractivity (Wildman–Crippen MR) is 123 cm³/mol. The lowest BCUT2D eigenvalue weighted by Crippen LogP contribution is -2.45. The number of anilines is 1. The number of hydrogen-bond acceptors (Lipinski definition) is 4. The Kier molecular flexibility index (Phi) is 6.24. The van der Waals surface area contributed by atoms with E-state index in [1.54, 1.807) is 48.2 Å². The average molecular weight is 456 g/mol. The molecule has 4 rings (SSSR count). The molecule has 8 heteroatoms. The number of hydrogen-bond donors (Lipinski definition) is 2. The number of aryl methyl sites for hydroxylation is 2. The fourth-order valence-corrected chi connectivity index (χ4v) is 5.41. The van der Waals surface area contributed by atoms with E-state index >= 15 is 0 Å². The molecule has 1 aliphatic heterocycles. The van der Waals surface area contributed by atoms with Gasteiger partial charge in [0.15, 0.2) is 0 Å². The third-order valence-electron chi connectivity index (χ3n) is 6.00. The minimum absolute atomic E-state index is 0.0278. The highest BCUT2D eigenvalue weighted by atomic mass is 32.2. The Morgan fingerprint density at radius 1 is 1.03 bits per heavy atom. The van der Waals surface area contributed by atoms with E-state index < -0.39 is 10.0 Å². The summed E-state index contributed by atoms with van der Waals surface area (Å²) in [5, 5.41) is 3.03. The van der Waals surface area contributed by atoms with Crippen molar-refractivity contribution in [3.8, 4) is 0 Å². The van der Waals surface area contributed by atoms with Gasteiger partial charge in [-0.3, -0.25) is 14.3 Å². The van der Waals surface area contributed by atoms with E-state index in [0.717, 1.165) is 31.2 Å². The Bertz CT molecular complexity index is 1140. The van der Waals surface area contributed by atoms with Gasteiger partial charge in [-0.25, -0.2) is 8.42 Å². The molecule has 7 nitrogen and oxygen atoms in total. The minimum Gasteiger partial charge on any atom is -0.353 e. The van der Waals surface area contributed by atoms with E-state index in [9.17, 15) is 18.0 Å². The van der Waals surface area contributed by atoms with E-state index in [1.807, 2.05) is 13.0 Å². The first kappa shape index (κ1) is 22.3. The molecule has 2 aliphatic rings. The maximum atomic E-state index is 13.1. The van der Waals surface area contributed by atoms with Crippen LogP contribution in [-0.2, 0) is 14.8 Å². The first-order chi connectivity index (χ1) is 15.2. The van der Waals surface area contributed by atoms with Crippen LogP contribution in [0.1, 0.15) is 47.2 Å². The van der Waals surface area contributed by atoms with Crippen LogP contribution in [0.4, 0.5) is 5.69 Å². The predicted octanol–water partition coefficient (Wildman–Crippen LogP) is 3.24. The second-order valence-corrected chi connectivity index (χ2v) is 10.5. The van der Waals surface area contributed by atoms with Gasteiger partial charge in [-0.2, -0.15) is 0 Å². The maximum absolute atomic E-state index is 13.1. The molecule has 1 aliphatic carbocycles. The van der Waals surface area contributed by atoms with Gasteiger partial charge in [0.1, 0.15) is 0 Å². The van der Waals surface area contributed by atoms with Crippen LogP contribution in [0.15, 0.2) is 47.4 Å². The summed E-state index contributed by atoms with van der Waals surface area (Å²) in [5.74, 6) is -0.360. The summed E-state index contributed by atoms with van der Waals surface area (Å²) in [5.41, 5.74) is 2.23. The molecule has 2 aromatic carbocycles. The standard InChI is InChI=1S/C24H29N3O4S/c1-16-8-9-17(2)22(13-16)32(30,31)26-21-7-3-5-18(14-21)24(29)27-12-4-6-19(15-27)23(28)25-20-10-11-20/h3,5,7-9,13-14,19-20,26H,4,6,10-12,15H2,1-2H3,(H,25,28). The van der Waals surface area contributed by atoms with Gasteiger partial charge in [0, 0.05) is 30.4 Å². The Labute approximate surface area is 189 Å². The summed E-state index contributed by atoms with van der Waals surface area (Å²) in [7, 11) is -3.79. The van der Waals surface area contributed by atoms with Crippen molar-refractivity contribution in [3.63, 3.8) is 0 Å². The van der Waals surface area contributed by atoms with Gasteiger partial charge in [0.05, 0.1) is 10.8 Å². The normalized spacial score (nSPS) is 18.8. The Hall–Kier alpha value is -2.87. The highest BCUT2D eigenvalue weighted by molar-refractivity contribution is 7.92. The minimum atomic E-state index is -3.79. The lowest BCUT2D eigenvalue weighted by molar-refractivity contribution is -0.126. The fraction of sp³-hybridized carbons (Fsp3) is 0.417. The SMILES string of the molecule is Cc1ccc(C)c(S(=O)(=O)Nc2cccc(C(=O)N3CCCC(C(=O)NC4CC4)C3)c2)c1. The second kappa shape index (κ2) is 8.94. The van der Waals surface area contributed by atoms with Gasteiger partial charge < -0.3 is 10.2 Å². The van der Waals surface area contributed by atoms with Crippen molar-refractivity contribution in [2.45, 2.75) is 50.5 Å². The molecule has 2 N–H and O–H groups in total. The molecule has 2 amide bonds. The summed E-state index contributed by atoms with van der Waals surface area (Å²) in [6.45, 7) is 4.56. The molecule has 2 aromatic rings. The number of rotatable bonds is 6. The van der Waals surface area contributed by atoms with Crippen molar-refractivity contribution in [1.82, 2.24) is 10.2 Å².